The molecule has 5 nitrogen and oxygen atoms in total. The lowest BCUT2D eigenvalue weighted by atomic mass is 10.2. The molecule has 0 bridgehead atoms. The molecule has 1 heterocycles. The fourth-order valence-electron chi connectivity index (χ4n) is 1.02. The van der Waals surface area contributed by atoms with Crippen molar-refractivity contribution in [2.24, 2.45) is 0 Å². The van der Waals surface area contributed by atoms with Crippen LogP contribution in [-0.4, -0.2) is 30.3 Å². The van der Waals surface area contributed by atoms with Crippen LogP contribution in [0.2, 0.25) is 0 Å². The molecule has 0 fully saturated rings. The van der Waals surface area contributed by atoms with Crippen LogP contribution in [0.25, 0.3) is 0 Å². The summed E-state index contributed by atoms with van der Waals surface area (Å²) >= 11 is 0. The van der Waals surface area contributed by atoms with Gasteiger partial charge in [0.05, 0.1) is 6.61 Å². The Bertz CT molecular complexity index is 316. The number of ether oxygens (including phenoxy) is 2. The van der Waals surface area contributed by atoms with E-state index in [9.17, 15) is 0 Å². The first-order valence-corrected chi connectivity index (χ1v) is 4.89. The number of aromatic nitrogens is 2. The van der Waals surface area contributed by atoms with Gasteiger partial charge in [-0.25, -0.2) is 4.98 Å². The van der Waals surface area contributed by atoms with Crippen LogP contribution >= 0.6 is 0 Å². The van der Waals surface area contributed by atoms with Crippen LogP contribution in [0.15, 0.2) is 6.07 Å². The zero-order valence-corrected chi connectivity index (χ0v) is 9.36. The molecular weight excluding hydrogens is 194 g/mol. The standard InChI is InChI=1S/C10H17N3O2/c1-7(2)10-12-8(11)6-9(13-10)15-5-4-14-3/h6-7H,4-5H2,1-3H3,(H2,11,12,13). The number of nitrogens with two attached hydrogens (primary N) is 1. The molecule has 5 heteroatoms. The van der Waals surface area contributed by atoms with Crippen molar-refractivity contribution in [3.05, 3.63) is 11.9 Å². The zero-order valence-electron chi connectivity index (χ0n) is 9.36. The first-order chi connectivity index (χ1) is 7.13. The summed E-state index contributed by atoms with van der Waals surface area (Å²) in [5.74, 6) is 1.87. The van der Waals surface area contributed by atoms with Gasteiger partial charge in [0.25, 0.3) is 0 Å². The van der Waals surface area contributed by atoms with Gasteiger partial charge >= 0.3 is 0 Å². The highest BCUT2D eigenvalue weighted by atomic mass is 16.5. The highest BCUT2D eigenvalue weighted by molar-refractivity contribution is 5.33. The van der Waals surface area contributed by atoms with E-state index in [1.54, 1.807) is 13.2 Å². The number of nitrogen functional groups attached to an aromatic ring is 1. The number of rotatable bonds is 5. The quantitative estimate of drug-likeness (QED) is 0.741. The van der Waals surface area contributed by atoms with Crippen molar-refractivity contribution in [1.82, 2.24) is 9.97 Å². The van der Waals surface area contributed by atoms with Gasteiger partial charge < -0.3 is 15.2 Å². The van der Waals surface area contributed by atoms with Gasteiger partial charge in [0.1, 0.15) is 18.2 Å². The molecule has 1 aromatic rings. The van der Waals surface area contributed by atoms with E-state index in [1.807, 2.05) is 13.8 Å². The van der Waals surface area contributed by atoms with Crippen molar-refractivity contribution in [3.63, 3.8) is 0 Å². The van der Waals surface area contributed by atoms with E-state index in [2.05, 4.69) is 9.97 Å². The molecule has 0 aromatic carbocycles. The van der Waals surface area contributed by atoms with Gasteiger partial charge in [-0.3, -0.25) is 0 Å². The maximum absolute atomic E-state index is 5.64. The molecule has 0 unspecified atom stereocenters. The highest BCUT2D eigenvalue weighted by Gasteiger charge is 2.06. The fourth-order valence-corrected chi connectivity index (χ4v) is 1.02. The minimum absolute atomic E-state index is 0.235. The Labute approximate surface area is 89.6 Å². The molecule has 0 spiro atoms. The number of methoxy groups -OCH3 is 1. The summed E-state index contributed by atoms with van der Waals surface area (Å²) in [6.07, 6.45) is 0. The summed E-state index contributed by atoms with van der Waals surface area (Å²) in [5.41, 5.74) is 5.64. The molecule has 1 rings (SSSR count). The van der Waals surface area contributed by atoms with E-state index < -0.39 is 0 Å². The van der Waals surface area contributed by atoms with Gasteiger partial charge in [0.15, 0.2) is 0 Å². The van der Waals surface area contributed by atoms with Crippen molar-refractivity contribution in [1.29, 1.82) is 0 Å². The summed E-state index contributed by atoms with van der Waals surface area (Å²) < 4.78 is 10.2. The summed E-state index contributed by atoms with van der Waals surface area (Å²) in [6, 6.07) is 1.61. The Morgan fingerprint density at radius 2 is 2.07 bits per heavy atom. The second kappa shape index (κ2) is 5.50. The Balaban J connectivity index is 2.71. The third-order valence-electron chi connectivity index (χ3n) is 1.79. The second-order valence-electron chi connectivity index (χ2n) is 3.49. The Hall–Kier alpha value is -1.36. The molecule has 0 saturated heterocycles. The SMILES string of the molecule is COCCOc1cc(N)nc(C(C)C)n1. The maximum atomic E-state index is 5.64. The number of hydrogen-bond donors (Lipinski definition) is 1. The minimum Gasteiger partial charge on any atom is -0.475 e. The lowest BCUT2D eigenvalue weighted by molar-refractivity contribution is 0.143. The largest absolute Gasteiger partial charge is 0.475 e. The summed E-state index contributed by atoms with van der Waals surface area (Å²) in [6.45, 7) is 5.01. The fraction of sp³-hybridized carbons (Fsp3) is 0.600. The smallest absolute Gasteiger partial charge is 0.218 e. The molecule has 0 radical (unpaired) electrons. The Kier molecular flexibility index (Phi) is 4.30. The molecule has 0 amide bonds. The van der Waals surface area contributed by atoms with Crippen LogP contribution < -0.4 is 10.5 Å². The molecule has 0 aliphatic carbocycles. The summed E-state index contributed by atoms with van der Waals surface area (Å²) in [4.78, 5) is 8.35. The van der Waals surface area contributed by atoms with Crippen LogP contribution in [0.3, 0.4) is 0 Å². The zero-order chi connectivity index (χ0) is 11.3. The van der Waals surface area contributed by atoms with Gasteiger partial charge in [0.2, 0.25) is 5.88 Å². The van der Waals surface area contributed by atoms with Gasteiger partial charge in [0, 0.05) is 19.1 Å². The van der Waals surface area contributed by atoms with E-state index in [0.717, 1.165) is 0 Å². The van der Waals surface area contributed by atoms with Gasteiger partial charge in [-0.2, -0.15) is 4.98 Å². The molecular formula is C10H17N3O2. The third-order valence-corrected chi connectivity index (χ3v) is 1.79. The lowest BCUT2D eigenvalue weighted by Gasteiger charge is -2.08. The topological polar surface area (TPSA) is 70.3 Å². The van der Waals surface area contributed by atoms with Crippen molar-refractivity contribution >= 4 is 5.82 Å². The van der Waals surface area contributed by atoms with E-state index in [4.69, 9.17) is 15.2 Å². The van der Waals surface area contributed by atoms with Gasteiger partial charge in [-0.15, -0.1) is 0 Å². The monoisotopic (exact) mass is 211 g/mol. The van der Waals surface area contributed by atoms with Crippen molar-refractivity contribution in [2.45, 2.75) is 19.8 Å². The van der Waals surface area contributed by atoms with Crippen LogP contribution in [0, 0.1) is 0 Å². The van der Waals surface area contributed by atoms with E-state index in [1.165, 1.54) is 0 Å². The normalized spacial score (nSPS) is 10.7. The minimum atomic E-state index is 0.235. The van der Waals surface area contributed by atoms with Crippen LogP contribution in [0.1, 0.15) is 25.6 Å². The predicted molar refractivity (Wildman–Crippen MR) is 57.9 cm³/mol. The first kappa shape index (κ1) is 11.7. The van der Waals surface area contributed by atoms with Crippen LogP contribution in [-0.2, 0) is 4.74 Å². The van der Waals surface area contributed by atoms with Crippen LogP contribution in [0.5, 0.6) is 5.88 Å². The van der Waals surface area contributed by atoms with Gasteiger partial charge in [-0.05, 0) is 0 Å². The number of anilines is 1. The molecule has 84 valence electrons. The summed E-state index contributed by atoms with van der Waals surface area (Å²) in [5, 5.41) is 0. The molecule has 0 atom stereocenters. The van der Waals surface area contributed by atoms with Crippen molar-refractivity contribution < 1.29 is 9.47 Å². The number of nitrogens with zero attached hydrogens (tertiary/aromatic N) is 2. The number of hydrogen-bond acceptors (Lipinski definition) is 5. The lowest BCUT2D eigenvalue weighted by Crippen LogP contribution is -2.08. The van der Waals surface area contributed by atoms with Gasteiger partial charge in [-0.1, -0.05) is 13.8 Å². The van der Waals surface area contributed by atoms with E-state index in [0.29, 0.717) is 30.7 Å². The predicted octanol–water partition coefficient (Wildman–Crippen LogP) is 1.21. The Morgan fingerprint density at radius 1 is 1.33 bits per heavy atom. The molecule has 2 N–H and O–H groups in total. The molecule has 0 aliphatic rings. The third kappa shape index (κ3) is 3.71. The van der Waals surface area contributed by atoms with E-state index >= 15 is 0 Å². The molecule has 15 heavy (non-hydrogen) atoms. The molecule has 1 aromatic heterocycles. The van der Waals surface area contributed by atoms with Crippen molar-refractivity contribution in [3.8, 4) is 5.88 Å². The average Bonchev–Trinajstić information content (AvgIpc) is 2.17. The van der Waals surface area contributed by atoms with Crippen LogP contribution in [0.4, 0.5) is 5.82 Å². The summed E-state index contributed by atoms with van der Waals surface area (Å²) in [7, 11) is 1.62. The first-order valence-electron chi connectivity index (χ1n) is 4.89. The van der Waals surface area contributed by atoms with Crippen molar-refractivity contribution in [2.75, 3.05) is 26.1 Å². The average molecular weight is 211 g/mol. The second-order valence-corrected chi connectivity index (χ2v) is 3.49. The molecule has 0 saturated carbocycles. The highest BCUT2D eigenvalue weighted by Crippen LogP contribution is 2.16. The van der Waals surface area contributed by atoms with E-state index in [-0.39, 0.29) is 5.92 Å². The maximum Gasteiger partial charge on any atom is 0.218 e. The Morgan fingerprint density at radius 3 is 2.67 bits per heavy atom. The molecule has 0 aliphatic heterocycles.